The van der Waals surface area contributed by atoms with Gasteiger partial charge in [-0.15, -0.1) is 22.7 Å². The molecule has 6 rings (SSSR count). The van der Waals surface area contributed by atoms with Gasteiger partial charge in [-0.05, 0) is 35.0 Å². The number of Topliss-reactive ketones (excluding diaryl/α,β-unsaturated/α-hetero) is 2. The lowest BCUT2D eigenvalue weighted by Crippen LogP contribution is -2.56. The van der Waals surface area contributed by atoms with Crippen molar-refractivity contribution in [2.45, 2.75) is 11.5 Å². The summed E-state index contributed by atoms with van der Waals surface area (Å²) in [6.45, 7) is 0. The van der Waals surface area contributed by atoms with Crippen molar-refractivity contribution in [3.63, 3.8) is 0 Å². The summed E-state index contributed by atoms with van der Waals surface area (Å²) in [6, 6.07) is 20.3. The molecule has 1 aliphatic heterocycles. The second-order valence-electron chi connectivity index (χ2n) is 7.97. The van der Waals surface area contributed by atoms with E-state index in [0.717, 1.165) is 9.75 Å². The normalized spacial score (nSPS) is 18.4. The third-order valence-corrected chi connectivity index (χ3v) is 8.08. The second kappa shape index (κ2) is 7.54. The Balaban J connectivity index is 1.64. The first kappa shape index (κ1) is 20.6. The summed E-state index contributed by atoms with van der Waals surface area (Å²) in [6.07, 6.45) is 0. The molecule has 4 aromatic rings. The number of fused-ring (bicyclic) bond motifs is 1. The van der Waals surface area contributed by atoms with E-state index in [0.29, 0.717) is 22.5 Å². The van der Waals surface area contributed by atoms with Crippen molar-refractivity contribution in [1.29, 1.82) is 0 Å². The van der Waals surface area contributed by atoms with Crippen molar-refractivity contribution in [3.05, 3.63) is 115 Å². The van der Waals surface area contributed by atoms with E-state index in [2.05, 4.69) is 0 Å². The number of benzene rings is 2. The largest absolute Gasteiger partial charge is 0.291 e. The molecule has 0 amide bonds. The number of thiophene rings is 2. The van der Waals surface area contributed by atoms with E-state index in [-0.39, 0.29) is 17.3 Å². The van der Waals surface area contributed by atoms with Gasteiger partial charge >= 0.3 is 0 Å². The zero-order valence-corrected chi connectivity index (χ0v) is 19.1. The number of nitro benzene ring substituents is 1. The molecular weight excluding hydrogens is 470 g/mol. The summed E-state index contributed by atoms with van der Waals surface area (Å²) >= 11 is 2.96. The molecule has 7 nitrogen and oxygen atoms in total. The lowest BCUT2D eigenvalue weighted by atomic mass is 9.76. The standard InChI is InChI=1S/C25H15N3O4S2/c29-23-17-5-1-2-6-18(17)24(30)25(23)21(19-7-3-13-33-19)22(20-8-4-14-34-20)26-27(25)15-9-11-16(12-10-15)28(31)32/h1-14,21H. The highest BCUT2D eigenvalue weighted by molar-refractivity contribution is 7.12. The number of nitro groups is 1. The SMILES string of the molecule is O=C1c2ccccc2C(=O)C12C(c1cccs1)C(c1cccs1)=NN2c1ccc([N+](=O)[O-])cc1. The molecule has 0 bridgehead atoms. The number of non-ortho nitro benzene ring substituents is 1. The van der Waals surface area contributed by atoms with Crippen molar-refractivity contribution < 1.29 is 14.5 Å². The van der Waals surface area contributed by atoms with Gasteiger partial charge in [0.1, 0.15) is 0 Å². The first-order valence-electron chi connectivity index (χ1n) is 10.4. The third kappa shape index (κ3) is 2.71. The minimum absolute atomic E-state index is 0.0818. The quantitative estimate of drug-likeness (QED) is 0.215. The fourth-order valence-electron chi connectivity index (χ4n) is 4.80. The Bertz CT molecular complexity index is 1440. The van der Waals surface area contributed by atoms with Crippen LogP contribution in [0.3, 0.4) is 0 Å². The molecule has 0 saturated carbocycles. The molecule has 2 aliphatic rings. The third-order valence-electron chi connectivity index (χ3n) is 6.25. The van der Waals surface area contributed by atoms with Gasteiger partial charge < -0.3 is 0 Å². The highest BCUT2D eigenvalue weighted by Crippen LogP contribution is 2.52. The molecule has 34 heavy (non-hydrogen) atoms. The van der Waals surface area contributed by atoms with Gasteiger partial charge in [0, 0.05) is 28.1 Å². The van der Waals surface area contributed by atoms with Gasteiger partial charge in [0.25, 0.3) is 5.69 Å². The zero-order valence-electron chi connectivity index (χ0n) is 17.5. The number of rotatable bonds is 4. The summed E-state index contributed by atoms with van der Waals surface area (Å²) < 4.78 is 0. The molecule has 166 valence electrons. The van der Waals surface area contributed by atoms with Gasteiger partial charge in [0.15, 0.2) is 11.6 Å². The van der Waals surface area contributed by atoms with Gasteiger partial charge in [-0.1, -0.05) is 36.4 Å². The van der Waals surface area contributed by atoms with E-state index in [1.54, 1.807) is 24.3 Å². The lowest BCUT2D eigenvalue weighted by Gasteiger charge is -2.35. The number of hydrogen-bond donors (Lipinski definition) is 0. The van der Waals surface area contributed by atoms with Gasteiger partial charge in [-0.3, -0.25) is 19.7 Å². The maximum Gasteiger partial charge on any atom is 0.269 e. The van der Waals surface area contributed by atoms with Crippen LogP contribution in [-0.2, 0) is 0 Å². The Hall–Kier alpha value is -3.95. The van der Waals surface area contributed by atoms with Crippen LogP contribution in [0.4, 0.5) is 11.4 Å². The molecular formula is C25H15N3O4S2. The van der Waals surface area contributed by atoms with Gasteiger partial charge in [-0.2, -0.15) is 5.10 Å². The number of hydrogen-bond acceptors (Lipinski definition) is 8. The van der Waals surface area contributed by atoms with Crippen LogP contribution in [0.25, 0.3) is 0 Å². The molecule has 1 aliphatic carbocycles. The predicted octanol–water partition coefficient (Wildman–Crippen LogP) is 5.54. The zero-order chi connectivity index (χ0) is 23.4. The van der Waals surface area contributed by atoms with Gasteiger partial charge in [0.05, 0.1) is 27.1 Å². The maximum atomic E-state index is 14.2. The van der Waals surface area contributed by atoms with Crippen molar-refractivity contribution in [2.24, 2.45) is 5.10 Å². The molecule has 1 spiro atoms. The molecule has 0 radical (unpaired) electrons. The van der Waals surface area contributed by atoms with Crippen LogP contribution in [0.15, 0.2) is 88.7 Å². The number of hydrazone groups is 1. The monoisotopic (exact) mass is 485 g/mol. The predicted molar refractivity (Wildman–Crippen MR) is 131 cm³/mol. The molecule has 0 N–H and O–H groups in total. The average Bonchev–Trinajstić information content (AvgIpc) is 3.65. The minimum Gasteiger partial charge on any atom is -0.291 e. The van der Waals surface area contributed by atoms with Gasteiger partial charge in [-0.25, -0.2) is 5.01 Å². The van der Waals surface area contributed by atoms with E-state index in [1.165, 1.54) is 51.9 Å². The van der Waals surface area contributed by atoms with Crippen LogP contribution in [0.5, 0.6) is 0 Å². The number of nitrogens with zero attached hydrogens (tertiary/aromatic N) is 3. The Morgan fingerprint density at radius 1 is 0.853 bits per heavy atom. The first-order chi connectivity index (χ1) is 16.5. The Kier molecular flexibility index (Phi) is 4.58. The first-order valence-corrected chi connectivity index (χ1v) is 12.2. The number of anilines is 1. The smallest absolute Gasteiger partial charge is 0.269 e. The molecule has 0 fully saturated rings. The average molecular weight is 486 g/mol. The summed E-state index contributed by atoms with van der Waals surface area (Å²) in [5.74, 6) is -1.27. The molecule has 2 aromatic carbocycles. The van der Waals surface area contributed by atoms with Crippen LogP contribution >= 0.6 is 22.7 Å². The highest BCUT2D eigenvalue weighted by atomic mass is 32.1. The van der Waals surface area contributed by atoms with Crippen LogP contribution in [0.2, 0.25) is 0 Å². The van der Waals surface area contributed by atoms with Crippen molar-refractivity contribution in [1.82, 2.24) is 0 Å². The second-order valence-corrected chi connectivity index (χ2v) is 9.89. The molecule has 3 heterocycles. The van der Waals surface area contributed by atoms with E-state index in [1.807, 2.05) is 35.0 Å². The topological polar surface area (TPSA) is 92.9 Å². The fraction of sp³-hybridized carbons (Fsp3) is 0.0800. The van der Waals surface area contributed by atoms with Gasteiger partial charge in [0.2, 0.25) is 5.54 Å². The summed E-state index contributed by atoms with van der Waals surface area (Å²) in [5, 5.41) is 21.4. The fourth-order valence-corrected chi connectivity index (χ4v) is 6.43. The molecule has 2 aromatic heterocycles. The van der Waals surface area contributed by atoms with Crippen molar-refractivity contribution >= 4 is 51.3 Å². The van der Waals surface area contributed by atoms with E-state index in [9.17, 15) is 19.7 Å². The van der Waals surface area contributed by atoms with Crippen LogP contribution in [-0.4, -0.2) is 27.7 Å². The number of carbonyl (C=O) groups is 2. The minimum atomic E-state index is -1.65. The highest BCUT2D eigenvalue weighted by Gasteiger charge is 2.67. The Morgan fingerprint density at radius 3 is 2.06 bits per heavy atom. The molecule has 9 heteroatoms. The van der Waals surface area contributed by atoms with Crippen LogP contribution < -0.4 is 5.01 Å². The van der Waals surface area contributed by atoms with Crippen LogP contribution in [0, 0.1) is 10.1 Å². The van der Waals surface area contributed by atoms with Crippen molar-refractivity contribution in [3.8, 4) is 0 Å². The van der Waals surface area contributed by atoms with Crippen LogP contribution in [0.1, 0.15) is 36.4 Å². The molecule has 1 unspecified atom stereocenters. The summed E-state index contributed by atoms with van der Waals surface area (Å²) in [7, 11) is 0. The molecule has 1 atom stereocenters. The lowest BCUT2D eigenvalue weighted by molar-refractivity contribution is -0.384. The summed E-state index contributed by atoms with van der Waals surface area (Å²) in [5.41, 5.74) is 0.0663. The van der Waals surface area contributed by atoms with E-state index >= 15 is 0 Å². The molecule has 0 saturated heterocycles. The Morgan fingerprint density at radius 2 is 1.50 bits per heavy atom. The van der Waals surface area contributed by atoms with E-state index in [4.69, 9.17) is 5.10 Å². The number of ketones is 2. The Labute approximate surface area is 201 Å². The van der Waals surface area contributed by atoms with Crippen molar-refractivity contribution in [2.75, 3.05) is 5.01 Å². The number of carbonyl (C=O) groups excluding carboxylic acids is 2. The maximum absolute atomic E-state index is 14.2. The summed E-state index contributed by atoms with van der Waals surface area (Å²) in [4.78, 5) is 40.8. The van der Waals surface area contributed by atoms with E-state index < -0.39 is 16.4 Å².